The van der Waals surface area contributed by atoms with Crippen molar-refractivity contribution in [1.82, 2.24) is 10.6 Å². The van der Waals surface area contributed by atoms with Crippen molar-refractivity contribution < 1.29 is 32.7 Å². The van der Waals surface area contributed by atoms with Crippen LogP contribution in [-0.2, 0) is 27.5 Å². The van der Waals surface area contributed by atoms with Crippen LogP contribution < -0.4 is 16.4 Å². The minimum Gasteiger partial charge on any atom is -0.475 e. The molecule has 0 bridgehead atoms. The standard InChI is InChI=1S/C19H23N3O2.C2HF3O2/c20-17(19(24)22-14-16-9-5-2-6-10-16)11-12-18(23)21-13-15-7-3-1-4-8-15;3-2(4,5)1(6)7/h1-10,17H,11-14,20H2,(H,21,23)(H,22,24);(H,6,7)/t17-;/m1./s1. The fraction of sp³-hybridized carbons (Fsp3) is 0.286. The van der Waals surface area contributed by atoms with Crippen LogP contribution in [0.2, 0.25) is 0 Å². The number of carboxylic acid groups (broad SMARTS) is 1. The highest BCUT2D eigenvalue weighted by Crippen LogP contribution is 2.13. The Morgan fingerprint density at radius 1 is 0.871 bits per heavy atom. The lowest BCUT2D eigenvalue weighted by molar-refractivity contribution is -0.192. The van der Waals surface area contributed by atoms with E-state index in [1.165, 1.54) is 0 Å². The van der Waals surface area contributed by atoms with E-state index in [0.29, 0.717) is 19.5 Å². The number of halogens is 3. The highest BCUT2D eigenvalue weighted by molar-refractivity contribution is 5.83. The molecule has 0 unspecified atom stereocenters. The van der Waals surface area contributed by atoms with E-state index in [1.807, 2.05) is 60.7 Å². The van der Waals surface area contributed by atoms with Crippen LogP contribution in [0.25, 0.3) is 0 Å². The SMILES string of the molecule is N[C@H](CCC(=O)NCc1ccccc1)C(=O)NCc1ccccc1.O=C(O)C(F)(F)F. The molecule has 0 heterocycles. The Balaban J connectivity index is 0.000000592. The van der Waals surface area contributed by atoms with Crippen molar-refractivity contribution in [1.29, 1.82) is 0 Å². The minimum atomic E-state index is -5.08. The Hall–Kier alpha value is -3.40. The van der Waals surface area contributed by atoms with E-state index in [2.05, 4.69) is 10.6 Å². The van der Waals surface area contributed by atoms with Crippen LogP contribution >= 0.6 is 0 Å². The molecule has 0 spiro atoms. The van der Waals surface area contributed by atoms with Crippen LogP contribution in [0, 0.1) is 0 Å². The second-order valence-corrected chi connectivity index (χ2v) is 6.41. The Bertz CT molecular complexity index is 831. The molecule has 2 rings (SSSR count). The molecule has 0 saturated heterocycles. The van der Waals surface area contributed by atoms with Gasteiger partial charge in [0.1, 0.15) is 0 Å². The smallest absolute Gasteiger partial charge is 0.475 e. The van der Waals surface area contributed by atoms with Gasteiger partial charge >= 0.3 is 12.1 Å². The molecule has 0 aliphatic carbocycles. The van der Waals surface area contributed by atoms with Gasteiger partial charge in [-0.1, -0.05) is 60.7 Å². The first-order valence-corrected chi connectivity index (χ1v) is 9.27. The second kappa shape index (κ2) is 13.0. The quantitative estimate of drug-likeness (QED) is 0.503. The number of carbonyl (C=O) groups is 3. The lowest BCUT2D eigenvalue weighted by Gasteiger charge is -2.12. The zero-order valence-corrected chi connectivity index (χ0v) is 16.6. The summed E-state index contributed by atoms with van der Waals surface area (Å²) in [5.41, 5.74) is 7.90. The molecule has 1 atom stereocenters. The van der Waals surface area contributed by atoms with Crippen molar-refractivity contribution in [2.24, 2.45) is 5.73 Å². The third-order valence-corrected chi connectivity index (χ3v) is 3.90. The fourth-order valence-corrected chi connectivity index (χ4v) is 2.22. The number of amides is 2. The average Bonchev–Trinajstić information content (AvgIpc) is 2.75. The van der Waals surface area contributed by atoms with E-state index < -0.39 is 18.2 Å². The molecule has 2 aromatic carbocycles. The summed E-state index contributed by atoms with van der Waals surface area (Å²) in [6.45, 7) is 0.919. The summed E-state index contributed by atoms with van der Waals surface area (Å²) in [7, 11) is 0. The fourth-order valence-electron chi connectivity index (χ4n) is 2.22. The van der Waals surface area contributed by atoms with Crippen LogP contribution in [0.1, 0.15) is 24.0 Å². The third kappa shape index (κ3) is 11.4. The van der Waals surface area contributed by atoms with Gasteiger partial charge in [-0.25, -0.2) is 4.79 Å². The number of benzene rings is 2. The van der Waals surface area contributed by atoms with Gasteiger partial charge in [-0.05, 0) is 17.5 Å². The molecular formula is C21H24F3N3O4. The second-order valence-electron chi connectivity index (χ2n) is 6.41. The van der Waals surface area contributed by atoms with E-state index >= 15 is 0 Å². The zero-order valence-electron chi connectivity index (χ0n) is 16.6. The average molecular weight is 439 g/mol. The highest BCUT2D eigenvalue weighted by atomic mass is 19.4. The normalized spacial score (nSPS) is 11.5. The van der Waals surface area contributed by atoms with E-state index in [9.17, 15) is 22.8 Å². The van der Waals surface area contributed by atoms with E-state index in [1.54, 1.807) is 0 Å². The van der Waals surface area contributed by atoms with Gasteiger partial charge in [-0.3, -0.25) is 9.59 Å². The first-order chi connectivity index (χ1) is 14.6. The van der Waals surface area contributed by atoms with Crippen LogP contribution in [0.5, 0.6) is 0 Å². The molecule has 2 aromatic rings. The molecular weight excluding hydrogens is 415 g/mol. The van der Waals surface area contributed by atoms with Crippen molar-refractivity contribution in [3.63, 3.8) is 0 Å². The topological polar surface area (TPSA) is 122 Å². The van der Waals surface area contributed by atoms with Gasteiger partial charge in [-0.15, -0.1) is 0 Å². The summed E-state index contributed by atoms with van der Waals surface area (Å²) in [4.78, 5) is 32.7. The highest BCUT2D eigenvalue weighted by Gasteiger charge is 2.38. The monoisotopic (exact) mass is 439 g/mol. The summed E-state index contributed by atoms with van der Waals surface area (Å²) < 4.78 is 31.7. The van der Waals surface area contributed by atoms with Gasteiger partial charge < -0.3 is 21.5 Å². The van der Waals surface area contributed by atoms with E-state index in [-0.39, 0.29) is 18.2 Å². The van der Waals surface area contributed by atoms with Crippen molar-refractivity contribution >= 4 is 17.8 Å². The molecule has 10 heteroatoms. The first-order valence-electron chi connectivity index (χ1n) is 9.27. The van der Waals surface area contributed by atoms with Gasteiger partial charge in [0.15, 0.2) is 0 Å². The van der Waals surface area contributed by atoms with Gasteiger partial charge in [0.05, 0.1) is 6.04 Å². The Morgan fingerprint density at radius 2 is 1.29 bits per heavy atom. The van der Waals surface area contributed by atoms with Crippen LogP contribution in [0.15, 0.2) is 60.7 Å². The molecule has 31 heavy (non-hydrogen) atoms. The van der Waals surface area contributed by atoms with Crippen molar-refractivity contribution in [2.45, 2.75) is 38.1 Å². The number of alkyl halides is 3. The van der Waals surface area contributed by atoms with Gasteiger partial charge in [0.25, 0.3) is 0 Å². The summed E-state index contributed by atoms with van der Waals surface area (Å²) >= 11 is 0. The molecule has 0 fully saturated rings. The van der Waals surface area contributed by atoms with E-state index in [4.69, 9.17) is 15.6 Å². The maximum absolute atomic E-state index is 11.9. The predicted molar refractivity (Wildman–Crippen MR) is 107 cm³/mol. The molecule has 0 aliphatic rings. The van der Waals surface area contributed by atoms with Crippen molar-refractivity contribution in [2.75, 3.05) is 0 Å². The van der Waals surface area contributed by atoms with Crippen LogP contribution in [-0.4, -0.2) is 35.1 Å². The lowest BCUT2D eigenvalue weighted by Crippen LogP contribution is -2.41. The Morgan fingerprint density at radius 3 is 1.71 bits per heavy atom. The summed E-state index contributed by atoms with van der Waals surface area (Å²) in [5.74, 6) is -3.10. The molecule has 5 N–H and O–H groups in total. The number of carbonyl (C=O) groups excluding carboxylic acids is 2. The van der Waals surface area contributed by atoms with Crippen LogP contribution in [0.4, 0.5) is 13.2 Å². The van der Waals surface area contributed by atoms with Crippen LogP contribution in [0.3, 0.4) is 0 Å². The number of nitrogens with two attached hydrogens (primary N) is 1. The molecule has 0 radical (unpaired) electrons. The Kier molecular flexibility index (Phi) is 10.8. The largest absolute Gasteiger partial charge is 0.490 e. The van der Waals surface area contributed by atoms with Gasteiger partial charge in [-0.2, -0.15) is 13.2 Å². The third-order valence-electron chi connectivity index (χ3n) is 3.90. The maximum atomic E-state index is 11.9. The maximum Gasteiger partial charge on any atom is 0.490 e. The number of rotatable bonds is 8. The van der Waals surface area contributed by atoms with Crippen molar-refractivity contribution in [3.05, 3.63) is 71.8 Å². The molecule has 168 valence electrons. The number of nitrogens with one attached hydrogen (secondary N) is 2. The summed E-state index contributed by atoms with van der Waals surface area (Å²) in [6, 6.07) is 18.6. The zero-order chi connectivity index (χ0) is 23.3. The first kappa shape index (κ1) is 25.6. The molecule has 2 amide bonds. The number of carboxylic acids is 1. The number of hydrogen-bond donors (Lipinski definition) is 4. The van der Waals surface area contributed by atoms with Gasteiger partial charge in [0, 0.05) is 19.5 Å². The number of hydrogen-bond acceptors (Lipinski definition) is 4. The van der Waals surface area contributed by atoms with Gasteiger partial charge in [0.2, 0.25) is 11.8 Å². The predicted octanol–water partition coefficient (Wildman–Crippen LogP) is 2.36. The molecule has 7 nitrogen and oxygen atoms in total. The van der Waals surface area contributed by atoms with Crippen molar-refractivity contribution in [3.8, 4) is 0 Å². The number of aliphatic carboxylic acids is 1. The Labute approximate surface area is 177 Å². The lowest BCUT2D eigenvalue weighted by atomic mass is 10.1. The van der Waals surface area contributed by atoms with E-state index in [0.717, 1.165) is 11.1 Å². The summed E-state index contributed by atoms with van der Waals surface area (Å²) in [5, 5.41) is 12.7. The molecule has 0 aliphatic heterocycles. The minimum absolute atomic E-state index is 0.106. The molecule has 0 aromatic heterocycles. The molecule has 0 saturated carbocycles. The summed E-state index contributed by atoms with van der Waals surface area (Å²) in [6.07, 6.45) is -4.53.